The number of hydrogen-bond acceptors (Lipinski definition) is 2. The average molecular weight is 293 g/mol. The second-order valence-corrected chi connectivity index (χ2v) is 5.90. The Hall–Kier alpha value is -1.55. The lowest BCUT2D eigenvalue weighted by Crippen LogP contribution is -2.48. The van der Waals surface area contributed by atoms with Crippen LogP contribution in [0.2, 0.25) is 0 Å². The summed E-state index contributed by atoms with van der Waals surface area (Å²) in [5, 5.41) is 1.97. The van der Waals surface area contributed by atoms with Gasteiger partial charge in [-0.25, -0.2) is 0 Å². The first kappa shape index (κ1) is 13.4. The molecule has 1 N–H and O–H groups in total. The lowest BCUT2D eigenvalue weighted by atomic mass is 10.1. The number of benzene rings is 1. The van der Waals surface area contributed by atoms with Crippen molar-refractivity contribution >= 4 is 23.4 Å². The first-order valence-corrected chi connectivity index (χ1v) is 7.33. The van der Waals surface area contributed by atoms with Gasteiger partial charge in [-0.15, -0.1) is 11.6 Å². The van der Waals surface area contributed by atoms with E-state index < -0.39 is 10.9 Å². The molecule has 1 atom stereocenters. The molecule has 1 unspecified atom stereocenters. The molecule has 0 radical (unpaired) electrons. The predicted octanol–water partition coefficient (Wildman–Crippen LogP) is 1.33. The maximum Gasteiger partial charge on any atom is 0.242 e. The topological polar surface area (TPSA) is 49.4 Å². The first-order chi connectivity index (χ1) is 9.63. The van der Waals surface area contributed by atoms with Crippen LogP contribution < -0.4 is 5.32 Å². The third kappa shape index (κ3) is 2.29. The SMILES string of the molecule is O=C1NCC(=O)N(CCc2ccccc2)C2(CC2)C1Cl. The number of halogens is 1. The van der Waals surface area contributed by atoms with E-state index in [1.54, 1.807) is 0 Å². The molecule has 2 amide bonds. The lowest BCUT2D eigenvalue weighted by Gasteiger charge is -2.31. The van der Waals surface area contributed by atoms with E-state index in [1.807, 2.05) is 35.2 Å². The summed E-state index contributed by atoms with van der Waals surface area (Å²) >= 11 is 6.26. The summed E-state index contributed by atoms with van der Waals surface area (Å²) in [6, 6.07) is 10.0. The molecule has 4 nitrogen and oxygen atoms in total. The van der Waals surface area contributed by atoms with Gasteiger partial charge in [0.15, 0.2) is 0 Å². The monoisotopic (exact) mass is 292 g/mol. The Morgan fingerprint density at radius 3 is 2.60 bits per heavy atom. The van der Waals surface area contributed by atoms with Crippen molar-refractivity contribution in [3.63, 3.8) is 0 Å². The predicted molar refractivity (Wildman–Crippen MR) is 76.5 cm³/mol. The van der Waals surface area contributed by atoms with Crippen molar-refractivity contribution in [3.05, 3.63) is 35.9 Å². The molecule has 1 aromatic rings. The van der Waals surface area contributed by atoms with Crippen LogP contribution in [-0.2, 0) is 16.0 Å². The molecule has 2 fully saturated rings. The van der Waals surface area contributed by atoms with Crippen molar-refractivity contribution in [1.29, 1.82) is 0 Å². The number of amides is 2. The highest BCUT2D eigenvalue weighted by atomic mass is 35.5. The Bertz CT molecular complexity index is 528. The molecule has 1 aromatic carbocycles. The molecule has 1 saturated heterocycles. The third-order valence-electron chi connectivity index (χ3n) is 4.18. The summed E-state index contributed by atoms with van der Waals surface area (Å²) in [5.41, 5.74) is 0.735. The van der Waals surface area contributed by atoms with E-state index in [0.29, 0.717) is 6.54 Å². The molecule has 0 aromatic heterocycles. The molecule has 20 heavy (non-hydrogen) atoms. The van der Waals surface area contributed by atoms with E-state index >= 15 is 0 Å². The van der Waals surface area contributed by atoms with Gasteiger partial charge in [0.05, 0.1) is 12.1 Å². The van der Waals surface area contributed by atoms with Crippen molar-refractivity contribution in [1.82, 2.24) is 10.2 Å². The molecular weight excluding hydrogens is 276 g/mol. The maximum absolute atomic E-state index is 12.2. The number of carbonyl (C=O) groups is 2. The zero-order valence-corrected chi connectivity index (χ0v) is 11.9. The van der Waals surface area contributed by atoms with Crippen LogP contribution >= 0.6 is 11.6 Å². The minimum atomic E-state index is -0.635. The molecular formula is C15H17ClN2O2. The summed E-state index contributed by atoms with van der Waals surface area (Å²) in [4.78, 5) is 25.9. The molecule has 3 rings (SSSR count). The number of alkyl halides is 1. The fourth-order valence-corrected chi connectivity index (χ4v) is 3.27. The highest BCUT2D eigenvalue weighted by Crippen LogP contribution is 2.47. The molecule has 1 saturated carbocycles. The van der Waals surface area contributed by atoms with Gasteiger partial charge in [0.1, 0.15) is 5.38 Å². The molecule has 1 aliphatic carbocycles. The van der Waals surface area contributed by atoms with Crippen molar-refractivity contribution in [2.75, 3.05) is 13.1 Å². The minimum absolute atomic E-state index is 0.0325. The Labute approximate surface area is 123 Å². The minimum Gasteiger partial charge on any atom is -0.346 e. The van der Waals surface area contributed by atoms with E-state index in [9.17, 15) is 9.59 Å². The normalized spacial score (nSPS) is 24.4. The molecule has 0 bridgehead atoms. The third-order valence-corrected chi connectivity index (χ3v) is 4.79. The second-order valence-electron chi connectivity index (χ2n) is 5.46. The van der Waals surface area contributed by atoms with Crippen LogP contribution in [0.5, 0.6) is 0 Å². The molecule has 1 spiro atoms. The largest absolute Gasteiger partial charge is 0.346 e. The van der Waals surface area contributed by atoms with Crippen LogP contribution in [0.25, 0.3) is 0 Å². The van der Waals surface area contributed by atoms with Crippen molar-refractivity contribution < 1.29 is 9.59 Å². The van der Waals surface area contributed by atoms with E-state index in [1.165, 1.54) is 5.56 Å². The van der Waals surface area contributed by atoms with Gasteiger partial charge in [0.25, 0.3) is 0 Å². The van der Waals surface area contributed by atoms with Gasteiger partial charge in [-0.05, 0) is 24.8 Å². The summed E-state index contributed by atoms with van der Waals surface area (Å²) in [6.45, 7) is 0.666. The molecule has 1 heterocycles. The maximum atomic E-state index is 12.2. The Balaban J connectivity index is 1.76. The molecule has 106 valence electrons. The van der Waals surface area contributed by atoms with Crippen molar-refractivity contribution in [2.24, 2.45) is 0 Å². The number of nitrogens with one attached hydrogen (secondary N) is 1. The van der Waals surface area contributed by atoms with Gasteiger partial charge >= 0.3 is 0 Å². The van der Waals surface area contributed by atoms with Gasteiger partial charge in [0, 0.05) is 6.54 Å². The smallest absolute Gasteiger partial charge is 0.242 e. The van der Waals surface area contributed by atoms with Crippen LogP contribution in [0.15, 0.2) is 30.3 Å². The van der Waals surface area contributed by atoms with Gasteiger partial charge in [0.2, 0.25) is 11.8 Å². The fraction of sp³-hybridized carbons (Fsp3) is 0.467. The standard InChI is InChI=1S/C15H17ClN2O2/c16-13-14(20)17-10-12(19)18(15(13)7-8-15)9-6-11-4-2-1-3-5-11/h1-5,13H,6-10H2,(H,17,20). The summed E-state index contributed by atoms with van der Waals surface area (Å²) in [7, 11) is 0. The van der Waals surface area contributed by atoms with Crippen LogP contribution in [-0.4, -0.2) is 40.7 Å². The Kier molecular flexibility index (Phi) is 3.42. The van der Waals surface area contributed by atoms with Gasteiger partial charge in [-0.1, -0.05) is 30.3 Å². The first-order valence-electron chi connectivity index (χ1n) is 6.90. The van der Waals surface area contributed by atoms with E-state index in [4.69, 9.17) is 11.6 Å². The van der Waals surface area contributed by atoms with Gasteiger partial charge in [-0.3, -0.25) is 9.59 Å². The zero-order chi connectivity index (χ0) is 14.2. The van der Waals surface area contributed by atoms with Crippen LogP contribution in [0.1, 0.15) is 18.4 Å². The summed E-state index contributed by atoms with van der Waals surface area (Å²) in [5.74, 6) is -0.255. The van der Waals surface area contributed by atoms with Crippen molar-refractivity contribution in [3.8, 4) is 0 Å². The van der Waals surface area contributed by atoms with Gasteiger partial charge in [-0.2, -0.15) is 0 Å². The molecule has 1 aliphatic heterocycles. The molecule has 5 heteroatoms. The summed E-state index contributed by atoms with van der Waals surface area (Å²) in [6.07, 6.45) is 2.41. The van der Waals surface area contributed by atoms with Crippen LogP contribution in [0.3, 0.4) is 0 Å². The zero-order valence-electron chi connectivity index (χ0n) is 11.1. The number of nitrogens with zero attached hydrogens (tertiary/aromatic N) is 1. The average Bonchev–Trinajstić information content (AvgIpc) is 3.26. The Morgan fingerprint density at radius 2 is 1.95 bits per heavy atom. The van der Waals surface area contributed by atoms with Crippen LogP contribution in [0, 0.1) is 0 Å². The number of rotatable bonds is 3. The van der Waals surface area contributed by atoms with E-state index in [2.05, 4.69) is 5.32 Å². The number of hydrogen-bond donors (Lipinski definition) is 1. The lowest BCUT2D eigenvalue weighted by molar-refractivity contribution is -0.132. The highest BCUT2D eigenvalue weighted by molar-refractivity contribution is 6.32. The quantitative estimate of drug-likeness (QED) is 0.855. The number of carbonyl (C=O) groups excluding carboxylic acids is 2. The van der Waals surface area contributed by atoms with Gasteiger partial charge < -0.3 is 10.2 Å². The van der Waals surface area contributed by atoms with E-state index in [0.717, 1.165) is 19.3 Å². The fourth-order valence-electron chi connectivity index (χ4n) is 2.86. The van der Waals surface area contributed by atoms with Crippen molar-refractivity contribution in [2.45, 2.75) is 30.2 Å². The Morgan fingerprint density at radius 1 is 1.25 bits per heavy atom. The molecule has 2 aliphatic rings. The summed E-state index contributed by atoms with van der Waals surface area (Å²) < 4.78 is 0. The van der Waals surface area contributed by atoms with Crippen LogP contribution in [0.4, 0.5) is 0 Å². The van der Waals surface area contributed by atoms with E-state index in [-0.39, 0.29) is 18.4 Å². The second kappa shape index (κ2) is 5.09. The highest BCUT2D eigenvalue weighted by Gasteiger charge is 2.58.